The van der Waals surface area contributed by atoms with Crippen molar-refractivity contribution in [2.45, 2.75) is 0 Å². The van der Waals surface area contributed by atoms with E-state index in [2.05, 4.69) is 9.97 Å². The molecule has 34 heavy (non-hydrogen) atoms. The van der Waals surface area contributed by atoms with E-state index in [1.165, 1.54) is 0 Å². The maximum Gasteiger partial charge on any atom is 0.0996 e. The number of rotatable bonds is 2. The van der Waals surface area contributed by atoms with Gasteiger partial charge in [0.1, 0.15) is 0 Å². The first-order valence-corrected chi connectivity index (χ1v) is 11.0. The first-order chi connectivity index (χ1) is 16.8. The molecule has 5 heterocycles. The van der Waals surface area contributed by atoms with Gasteiger partial charge in [-0.05, 0) is 60.7 Å². The Morgan fingerprint density at radius 2 is 0.794 bits per heavy atom. The monoisotopic (exact) mass is 436 g/mol. The second-order valence-electron chi connectivity index (χ2n) is 8.02. The van der Waals surface area contributed by atoms with Crippen molar-refractivity contribution >= 4 is 43.9 Å². The van der Waals surface area contributed by atoms with Crippen LogP contribution in [-0.2, 0) is 0 Å². The van der Waals surface area contributed by atoms with Gasteiger partial charge in [0, 0.05) is 23.2 Å². The average Bonchev–Trinajstić information content (AvgIpc) is 2.92. The molecule has 0 saturated heterocycles. The maximum absolute atomic E-state index is 5.03. The molecule has 6 heteroatoms. The van der Waals surface area contributed by atoms with Crippen LogP contribution in [-0.4, -0.2) is 29.9 Å². The van der Waals surface area contributed by atoms with Crippen molar-refractivity contribution < 1.29 is 0 Å². The van der Waals surface area contributed by atoms with Crippen LogP contribution in [0, 0.1) is 0 Å². The van der Waals surface area contributed by atoms with Crippen molar-refractivity contribution in [2.24, 2.45) is 0 Å². The molecule has 7 aromatic rings. The Labute approximate surface area is 194 Å². The van der Waals surface area contributed by atoms with Crippen LogP contribution < -0.4 is 0 Å². The van der Waals surface area contributed by atoms with Crippen LogP contribution in [0.25, 0.3) is 66.6 Å². The fourth-order valence-electron chi connectivity index (χ4n) is 4.35. The number of para-hydroxylation sites is 2. The van der Waals surface area contributed by atoms with Gasteiger partial charge in [-0.2, -0.15) is 0 Å². The molecule has 5 aromatic heterocycles. The minimum atomic E-state index is 0.771. The molecular formula is C28H16N6. The predicted molar refractivity (Wildman–Crippen MR) is 134 cm³/mol. The molecule has 6 nitrogen and oxygen atoms in total. The van der Waals surface area contributed by atoms with E-state index in [9.17, 15) is 0 Å². The lowest BCUT2D eigenvalue weighted by molar-refractivity contribution is 1.26. The summed E-state index contributed by atoms with van der Waals surface area (Å²) in [5.74, 6) is 0. The van der Waals surface area contributed by atoms with Gasteiger partial charge in [0.25, 0.3) is 0 Å². The molecule has 0 atom stereocenters. The summed E-state index contributed by atoms with van der Waals surface area (Å²) in [5.41, 5.74) is 8.06. The molecular weight excluding hydrogens is 420 g/mol. The summed E-state index contributed by atoms with van der Waals surface area (Å²) in [4.78, 5) is 29.0. The summed E-state index contributed by atoms with van der Waals surface area (Å²) in [5, 5.41) is 1.82. The van der Waals surface area contributed by atoms with Crippen LogP contribution in [0.1, 0.15) is 0 Å². The standard InChI is InChI=1S/C28H16N6/c1-2-10-22-21(9-1)31-25-17-11-13-23(19-7-3-5-15-29-19)33-27(17)28-18(26(25)32-22)12-14-24(34-28)20-8-4-6-16-30-20/h1-16H. The van der Waals surface area contributed by atoms with E-state index in [1.54, 1.807) is 12.4 Å². The lowest BCUT2D eigenvalue weighted by Gasteiger charge is -2.11. The topological polar surface area (TPSA) is 77.3 Å². The van der Waals surface area contributed by atoms with E-state index < -0.39 is 0 Å². The number of benzene rings is 2. The molecule has 0 spiro atoms. The Morgan fingerprint density at radius 3 is 1.24 bits per heavy atom. The summed E-state index contributed by atoms with van der Waals surface area (Å²) < 4.78 is 0. The molecule has 7 rings (SSSR count). The molecule has 0 unspecified atom stereocenters. The lowest BCUT2D eigenvalue weighted by atomic mass is 10.0. The summed E-state index contributed by atoms with van der Waals surface area (Å²) in [6.07, 6.45) is 3.55. The van der Waals surface area contributed by atoms with Crippen molar-refractivity contribution in [3.8, 4) is 22.8 Å². The zero-order valence-electron chi connectivity index (χ0n) is 17.9. The molecule has 0 saturated carbocycles. The quantitative estimate of drug-likeness (QED) is 0.244. The fraction of sp³-hybridized carbons (Fsp3) is 0. The van der Waals surface area contributed by atoms with Gasteiger partial charge in [-0.25, -0.2) is 19.9 Å². The van der Waals surface area contributed by atoms with Gasteiger partial charge in [0.15, 0.2) is 0 Å². The number of nitrogens with zero attached hydrogens (tertiary/aromatic N) is 6. The molecule has 0 N–H and O–H groups in total. The van der Waals surface area contributed by atoms with Gasteiger partial charge >= 0.3 is 0 Å². The van der Waals surface area contributed by atoms with Gasteiger partial charge in [0.2, 0.25) is 0 Å². The third-order valence-corrected chi connectivity index (χ3v) is 5.95. The number of pyridine rings is 4. The molecule has 0 aliphatic heterocycles. The minimum Gasteiger partial charge on any atom is -0.255 e. The lowest BCUT2D eigenvalue weighted by Crippen LogP contribution is -1.97. The molecule has 0 fully saturated rings. The Balaban J connectivity index is 1.63. The van der Waals surface area contributed by atoms with Crippen molar-refractivity contribution in [2.75, 3.05) is 0 Å². The zero-order valence-corrected chi connectivity index (χ0v) is 17.9. The van der Waals surface area contributed by atoms with Crippen LogP contribution in [0.4, 0.5) is 0 Å². The SMILES string of the molecule is c1ccc(-c2ccc3c(n2)c2nc(-c4ccccn4)ccc2c2nc4ccccc4nc32)nc1. The van der Waals surface area contributed by atoms with Gasteiger partial charge in [-0.15, -0.1) is 0 Å². The van der Waals surface area contributed by atoms with Gasteiger partial charge in [0.05, 0.1) is 55.9 Å². The molecule has 158 valence electrons. The minimum absolute atomic E-state index is 0.771. The number of aromatic nitrogens is 6. The van der Waals surface area contributed by atoms with Gasteiger partial charge < -0.3 is 0 Å². The molecule has 0 bridgehead atoms. The third kappa shape index (κ3) is 2.89. The van der Waals surface area contributed by atoms with Crippen LogP contribution in [0.3, 0.4) is 0 Å². The summed E-state index contributed by atoms with van der Waals surface area (Å²) in [6.45, 7) is 0. The number of hydrogen-bond acceptors (Lipinski definition) is 6. The highest BCUT2D eigenvalue weighted by Gasteiger charge is 2.16. The normalized spacial score (nSPS) is 11.5. The fourth-order valence-corrected chi connectivity index (χ4v) is 4.35. The third-order valence-electron chi connectivity index (χ3n) is 5.95. The van der Waals surface area contributed by atoms with Crippen LogP contribution in [0.5, 0.6) is 0 Å². The number of hydrogen-bond donors (Lipinski definition) is 0. The van der Waals surface area contributed by atoms with E-state index in [0.717, 1.165) is 66.6 Å². The van der Waals surface area contributed by atoms with Gasteiger partial charge in [-0.1, -0.05) is 24.3 Å². The van der Waals surface area contributed by atoms with E-state index >= 15 is 0 Å². The largest absolute Gasteiger partial charge is 0.255 e. The van der Waals surface area contributed by atoms with Crippen LogP contribution in [0.15, 0.2) is 97.3 Å². The summed E-state index contributed by atoms with van der Waals surface area (Å²) in [6, 6.07) is 27.6. The first kappa shape index (κ1) is 18.7. The highest BCUT2D eigenvalue weighted by Crippen LogP contribution is 2.34. The smallest absolute Gasteiger partial charge is 0.0996 e. The van der Waals surface area contributed by atoms with Crippen molar-refractivity contribution in [3.63, 3.8) is 0 Å². The summed E-state index contributed by atoms with van der Waals surface area (Å²) in [7, 11) is 0. The van der Waals surface area contributed by atoms with Crippen LogP contribution in [0.2, 0.25) is 0 Å². The second kappa shape index (κ2) is 7.35. The van der Waals surface area contributed by atoms with Crippen molar-refractivity contribution in [1.29, 1.82) is 0 Å². The molecule has 0 amide bonds. The molecule has 0 aliphatic rings. The maximum atomic E-state index is 5.03. The van der Waals surface area contributed by atoms with Gasteiger partial charge in [-0.3, -0.25) is 9.97 Å². The van der Waals surface area contributed by atoms with Crippen molar-refractivity contribution in [3.05, 3.63) is 97.3 Å². The number of fused-ring (bicyclic) bond motifs is 7. The Morgan fingerprint density at radius 1 is 0.353 bits per heavy atom. The van der Waals surface area contributed by atoms with E-state index in [0.29, 0.717) is 0 Å². The van der Waals surface area contributed by atoms with Crippen molar-refractivity contribution in [1.82, 2.24) is 29.9 Å². The molecule has 0 aliphatic carbocycles. The highest BCUT2D eigenvalue weighted by molar-refractivity contribution is 6.21. The molecule has 0 radical (unpaired) electrons. The molecule has 2 aromatic carbocycles. The van der Waals surface area contributed by atoms with Crippen LogP contribution >= 0.6 is 0 Å². The Kier molecular flexibility index (Phi) is 4.04. The van der Waals surface area contributed by atoms with E-state index in [-0.39, 0.29) is 0 Å². The zero-order chi connectivity index (χ0) is 22.5. The average molecular weight is 436 g/mol. The first-order valence-electron chi connectivity index (χ1n) is 11.0. The Bertz CT molecular complexity index is 1710. The van der Waals surface area contributed by atoms with E-state index in [1.807, 2.05) is 84.9 Å². The summed E-state index contributed by atoms with van der Waals surface area (Å²) >= 11 is 0. The predicted octanol–water partition coefficient (Wildman–Crippen LogP) is 6.00. The Hall–Kier alpha value is -4.84. The second-order valence-corrected chi connectivity index (χ2v) is 8.02. The highest BCUT2D eigenvalue weighted by atomic mass is 14.9. The van der Waals surface area contributed by atoms with E-state index in [4.69, 9.17) is 19.9 Å².